The number of aliphatic carboxylic acids is 1. The number of benzene rings is 2. The fourth-order valence-corrected chi connectivity index (χ4v) is 4.74. The Morgan fingerprint density at radius 1 is 1.09 bits per heavy atom. The van der Waals surface area contributed by atoms with E-state index in [2.05, 4.69) is 24.3 Å². The second kappa shape index (κ2) is 12.9. The van der Waals surface area contributed by atoms with Gasteiger partial charge in [0, 0.05) is 24.0 Å². The van der Waals surface area contributed by atoms with Crippen molar-refractivity contribution in [3.63, 3.8) is 0 Å². The molecule has 34 heavy (non-hydrogen) atoms. The monoisotopic (exact) mass is 488 g/mol. The summed E-state index contributed by atoms with van der Waals surface area (Å²) in [5.41, 5.74) is 4.40. The van der Waals surface area contributed by atoms with Crippen LogP contribution in [0.3, 0.4) is 0 Å². The maximum absolute atomic E-state index is 15.0. The molecule has 2 aromatic rings. The van der Waals surface area contributed by atoms with Crippen molar-refractivity contribution in [2.24, 2.45) is 0 Å². The van der Waals surface area contributed by atoms with Gasteiger partial charge >= 0.3 is 5.97 Å². The maximum Gasteiger partial charge on any atom is 0.307 e. The van der Waals surface area contributed by atoms with Crippen molar-refractivity contribution in [3.05, 3.63) is 64.5 Å². The molecule has 0 amide bonds. The third-order valence-corrected chi connectivity index (χ3v) is 6.91. The van der Waals surface area contributed by atoms with Gasteiger partial charge in [-0.3, -0.25) is 4.79 Å². The minimum absolute atomic E-state index is 0.0738. The number of halogens is 1. The quantitative estimate of drug-likeness (QED) is 0.263. The number of carboxylic acid groups (broad SMARTS) is 1. The predicted octanol–water partition coefficient (Wildman–Crippen LogP) is 5.69. The fourth-order valence-electron chi connectivity index (χ4n) is 4.34. The van der Waals surface area contributed by atoms with Gasteiger partial charge in [-0.1, -0.05) is 17.7 Å². The van der Waals surface area contributed by atoms with E-state index in [1.165, 1.54) is 11.0 Å². The summed E-state index contributed by atoms with van der Waals surface area (Å²) in [6, 6.07) is 11.4. The Morgan fingerprint density at radius 2 is 1.85 bits per heavy atom. The Morgan fingerprint density at radius 3 is 2.53 bits per heavy atom. The van der Waals surface area contributed by atoms with Crippen LogP contribution in [0.2, 0.25) is 0 Å². The normalized spacial score (nSPS) is 15.0. The van der Waals surface area contributed by atoms with Crippen LogP contribution < -0.4 is 4.74 Å². The van der Waals surface area contributed by atoms with E-state index in [0.717, 1.165) is 47.1 Å². The molecule has 2 N–H and O–H groups in total. The lowest BCUT2D eigenvalue weighted by molar-refractivity contribution is -0.135. The van der Waals surface area contributed by atoms with Crippen LogP contribution >= 0.6 is 11.8 Å². The number of carboxylic acids is 1. The first kappa shape index (κ1) is 26.3. The summed E-state index contributed by atoms with van der Waals surface area (Å²) in [6.45, 7) is 3.24. The molecule has 184 valence electrons. The highest BCUT2D eigenvalue weighted by atomic mass is 32.2. The topological polar surface area (TPSA) is 76.0 Å². The molecule has 3 rings (SSSR count). The second-order valence-electron chi connectivity index (χ2n) is 8.45. The molecule has 0 aromatic heterocycles. The van der Waals surface area contributed by atoms with Gasteiger partial charge in [-0.15, -0.1) is 11.8 Å². The third-order valence-electron chi connectivity index (χ3n) is 6.16. The van der Waals surface area contributed by atoms with Gasteiger partial charge in [0.25, 0.3) is 0 Å². The van der Waals surface area contributed by atoms with Crippen LogP contribution in [-0.2, 0) is 16.0 Å². The number of carbonyl (C=O) groups is 1. The van der Waals surface area contributed by atoms with Crippen molar-refractivity contribution in [1.82, 2.24) is 0 Å². The number of fused-ring (bicyclic) bond motifs is 1. The number of hydrogen-bond donors (Lipinski definition) is 2. The molecule has 1 aliphatic carbocycles. The Kier molecular flexibility index (Phi) is 9.99. The highest BCUT2D eigenvalue weighted by molar-refractivity contribution is 7.98. The number of allylic oxidation sites excluding steroid dienone is 1. The van der Waals surface area contributed by atoms with E-state index in [-0.39, 0.29) is 31.3 Å². The standard InChI is InChI=1S/C27H33FO5S/c1-18-21(14-19-6-8-20(34-2)9-7-19)23-15-25(28)26(16-24(23)22(18)17-27(30)31)33-13-12-32-11-5-3-4-10-29/h6-9,15-16,21,29H,3-5,10-14,17H2,1-2H3,(H,30,31). The van der Waals surface area contributed by atoms with E-state index < -0.39 is 11.8 Å². The molecule has 2 aromatic carbocycles. The smallest absolute Gasteiger partial charge is 0.307 e. The summed E-state index contributed by atoms with van der Waals surface area (Å²) in [6.07, 6.45) is 5.12. The van der Waals surface area contributed by atoms with Crippen molar-refractivity contribution in [2.75, 3.05) is 32.7 Å². The molecule has 1 unspecified atom stereocenters. The van der Waals surface area contributed by atoms with Gasteiger partial charge in [0.05, 0.1) is 13.0 Å². The molecular weight excluding hydrogens is 455 g/mol. The Hall–Kier alpha value is -2.35. The molecule has 5 nitrogen and oxygen atoms in total. The molecular formula is C27H33FO5S. The molecule has 1 aliphatic rings. The van der Waals surface area contributed by atoms with Gasteiger partial charge in [-0.2, -0.15) is 0 Å². The molecule has 0 heterocycles. The summed E-state index contributed by atoms with van der Waals surface area (Å²) in [4.78, 5) is 12.7. The first-order valence-electron chi connectivity index (χ1n) is 11.6. The van der Waals surface area contributed by atoms with Crippen molar-refractivity contribution in [1.29, 1.82) is 0 Å². The van der Waals surface area contributed by atoms with E-state index in [4.69, 9.17) is 14.6 Å². The van der Waals surface area contributed by atoms with Crippen LogP contribution in [-0.4, -0.2) is 48.9 Å². The summed E-state index contributed by atoms with van der Waals surface area (Å²) in [5.74, 6) is -1.32. The lowest BCUT2D eigenvalue weighted by Gasteiger charge is -2.16. The van der Waals surface area contributed by atoms with Crippen LogP contribution in [0.25, 0.3) is 5.57 Å². The van der Waals surface area contributed by atoms with Gasteiger partial charge in [0.15, 0.2) is 11.6 Å². The zero-order chi connectivity index (χ0) is 24.5. The van der Waals surface area contributed by atoms with Crippen LogP contribution in [0.5, 0.6) is 5.75 Å². The summed E-state index contributed by atoms with van der Waals surface area (Å²) in [7, 11) is 0. The Bertz CT molecular complexity index is 1000. The average Bonchev–Trinajstić information content (AvgIpc) is 3.06. The predicted molar refractivity (Wildman–Crippen MR) is 133 cm³/mol. The minimum Gasteiger partial charge on any atom is -0.488 e. The number of aliphatic hydroxyl groups excluding tert-OH is 1. The molecule has 0 bridgehead atoms. The molecule has 0 saturated carbocycles. The highest BCUT2D eigenvalue weighted by Crippen LogP contribution is 2.46. The summed E-state index contributed by atoms with van der Waals surface area (Å²) in [5, 5.41) is 18.3. The zero-order valence-corrected chi connectivity index (χ0v) is 20.6. The molecule has 0 aliphatic heterocycles. The van der Waals surface area contributed by atoms with Crippen molar-refractivity contribution in [2.45, 2.75) is 49.8 Å². The van der Waals surface area contributed by atoms with Gasteiger partial charge in [0.2, 0.25) is 0 Å². The van der Waals surface area contributed by atoms with Crippen LogP contribution in [0.1, 0.15) is 55.2 Å². The first-order chi connectivity index (χ1) is 16.4. The number of unbranched alkanes of at least 4 members (excludes halogenated alkanes) is 2. The summed E-state index contributed by atoms with van der Waals surface area (Å²) < 4.78 is 26.1. The molecule has 0 spiro atoms. The second-order valence-corrected chi connectivity index (χ2v) is 9.33. The summed E-state index contributed by atoms with van der Waals surface area (Å²) >= 11 is 1.68. The maximum atomic E-state index is 15.0. The molecule has 1 atom stereocenters. The van der Waals surface area contributed by atoms with Crippen LogP contribution in [0, 0.1) is 5.82 Å². The lowest BCUT2D eigenvalue weighted by atomic mass is 9.89. The number of rotatable bonds is 14. The van der Waals surface area contributed by atoms with Gasteiger partial charge in [-0.05, 0) is 85.4 Å². The minimum atomic E-state index is -0.910. The SMILES string of the molecule is CSc1ccc(CC2C(C)=C(CC(=O)O)c3cc(OCCOCCCCCO)c(F)cc32)cc1. The van der Waals surface area contributed by atoms with E-state index in [9.17, 15) is 14.3 Å². The lowest BCUT2D eigenvalue weighted by Crippen LogP contribution is -2.09. The molecule has 0 fully saturated rings. The number of aliphatic hydroxyl groups is 1. The van der Waals surface area contributed by atoms with Crippen molar-refractivity contribution in [3.8, 4) is 5.75 Å². The van der Waals surface area contributed by atoms with E-state index >= 15 is 0 Å². The third kappa shape index (κ3) is 6.84. The Balaban J connectivity index is 1.73. The van der Waals surface area contributed by atoms with Crippen molar-refractivity contribution >= 4 is 23.3 Å². The largest absolute Gasteiger partial charge is 0.488 e. The van der Waals surface area contributed by atoms with E-state index in [1.54, 1.807) is 17.8 Å². The fraction of sp³-hybridized carbons (Fsp3) is 0.444. The van der Waals surface area contributed by atoms with Crippen LogP contribution in [0.15, 0.2) is 46.9 Å². The van der Waals surface area contributed by atoms with E-state index in [0.29, 0.717) is 19.6 Å². The number of hydrogen-bond acceptors (Lipinski definition) is 5. The first-order valence-corrected chi connectivity index (χ1v) is 12.9. The van der Waals surface area contributed by atoms with Gasteiger partial charge in [0.1, 0.15) is 6.61 Å². The van der Waals surface area contributed by atoms with Crippen LogP contribution in [0.4, 0.5) is 4.39 Å². The van der Waals surface area contributed by atoms with Crippen molar-refractivity contribution < 1.29 is 28.9 Å². The highest BCUT2D eigenvalue weighted by Gasteiger charge is 2.31. The zero-order valence-electron chi connectivity index (χ0n) is 19.8. The van der Waals surface area contributed by atoms with E-state index in [1.807, 2.05) is 13.2 Å². The molecule has 0 saturated heterocycles. The van der Waals surface area contributed by atoms with Gasteiger partial charge < -0.3 is 19.7 Å². The molecule has 0 radical (unpaired) electrons. The Labute approximate surface area is 205 Å². The number of thioether (sulfide) groups is 1. The average molecular weight is 489 g/mol. The van der Waals surface area contributed by atoms with Gasteiger partial charge in [-0.25, -0.2) is 4.39 Å². The number of ether oxygens (including phenoxy) is 2. The molecule has 7 heteroatoms.